The highest BCUT2D eigenvalue weighted by molar-refractivity contribution is 5.94. The Kier molecular flexibility index (Phi) is 3.32. The first-order chi connectivity index (χ1) is 8.66. The number of carbonyl (C=O) groups excluding carboxylic acids is 1. The van der Waals surface area contributed by atoms with Crippen molar-refractivity contribution in [2.45, 2.75) is 12.5 Å². The van der Waals surface area contributed by atoms with E-state index in [4.69, 9.17) is 5.11 Å². The fraction of sp³-hybridized carbons (Fsp3) is 0.222. The zero-order chi connectivity index (χ0) is 13.0. The van der Waals surface area contributed by atoms with Gasteiger partial charge in [0.1, 0.15) is 6.04 Å². The van der Waals surface area contributed by atoms with Gasteiger partial charge in [0.2, 0.25) is 0 Å². The Balaban J connectivity index is 2.03. The minimum absolute atomic E-state index is 0.0332. The van der Waals surface area contributed by atoms with Gasteiger partial charge in [-0.1, -0.05) is 0 Å². The van der Waals surface area contributed by atoms with Gasteiger partial charge in [0.05, 0.1) is 12.5 Å². The Morgan fingerprint density at radius 1 is 1.44 bits per heavy atom. The van der Waals surface area contributed by atoms with Crippen molar-refractivity contribution in [3.05, 3.63) is 30.1 Å². The second-order valence-electron chi connectivity index (χ2n) is 3.50. The first kappa shape index (κ1) is 11.8. The third-order valence-corrected chi connectivity index (χ3v) is 2.23. The van der Waals surface area contributed by atoms with Crippen LogP contribution in [0.5, 0.6) is 0 Å². The van der Waals surface area contributed by atoms with Gasteiger partial charge >= 0.3 is 5.97 Å². The predicted octanol–water partition coefficient (Wildman–Crippen LogP) is -1.05. The second kappa shape index (κ2) is 5.08. The molecule has 0 fully saturated rings. The number of carboxylic acids is 1. The van der Waals surface area contributed by atoms with Gasteiger partial charge in [0, 0.05) is 18.3 Å². The molecule has 0 saturated heterocycles. The van der Waals surface area contributed by atoms with E-state index in [-0.39, 0.29) is 12.1 Å². The van der Waals surface area contributed by atoms with E-state index in [0.29, 0.717) is 5.69 Å². The number of H-pyrrole nitrogens is 2. The highest BCUT2D eigenvalue weighted by atomic mass is 16.4. The lowest BCUT2D eigenvalue weighted by atomic mass is 10.1. The Hall–Kier alpha value is -2.71. The van der Waals surface area contributed by atoms with Gasteiger partial charge in [-0.05, 0) is 0 Å². The van der Waals surface area contributed by atoms with Crippen LogP contribution >= 0.6 is 0 Å². The highest BCUT2D eigenvalue weighted by Gasteiger charge is 2.22. The lowest BCUT2D eigenvalue weighted by Crippen LogP contribution is -2.42. The second-order valence-corrected chi connectivity index (χ2v) is 3.50. The van der Waals surface area contributed by atoms with Crippen molar-refractivity contribution in [3.8, 4) is 0 Å². The molecule has 9 heteroatoms. The summed E-state index contributed by atoms with van der Waals surface area (Å²) < 4.78 is 0. The number of aliphatic carboxylic acids is 1. The van der Waals surface area contributed by atoms with E-state index in [0.717, 1.165) is 0 Å². The summed E-state index contributed by atoms with van der Waals surface area (Å²) in [6, 6.07) is -1.06. The van der Waals surface area contributed by atoms with Gasteiger partial charge in [-0.3, -0.25) is 4.79 Å². The summed E-state index contributed by atoms with van der Waals surface area (Å²) in [6.07, 6.45) is 4.26. The minimum Gasteiger partial charge on any atom is -0.480 e. The van der Waals surface area contributed by atoms with Crippen molar-refractivity contribution in [1.82, 2.24) is 30.7 Å². The van der Waals surface area contributed by atoms with E-state index in [1.807, 2.05) is 0 Å². The van der Waals surface area contributed by atoms with Crippen molar-refractivity contribution in [1.29, 1.82) is 0 Å². The Morgan fingerprint density at radius 3 is 2.83 bits per heavy atom. The molecule has 94 valence electrons. The number of carboxylic acid groups (broad SMARTS) is 1. The first-order valence-electron chi connectivity index (χ1n) is 5.03. The van der Waals surface area contributed by atoms with E-state index >= 15 is 0 Å². The SMILES string of the molecule is O=C(N[C@H](Cc1cnc[nH]1)C(=O)O)c1cn[nH]n1. The van der Waals surface area contributed by atoms with Crippen LogP contribution in [-0.4, -0.2) is 48.4 Å². The van der Waals surface area contributed by atoms with Gasteiger partial charge in [-0.25, -0.2) is 9.78 Å². The molecule has 0 aliphatic rings. The van der Waals surface area contributed by atoms with Gasteiger partial charge in [0.25, 0.3) is 5.91 Å². The van der Waals surface area contributed by atoms with E-state index in [9.17, 15) is 9.59 Å². The number of hydrogen-bond donors (Lipinski definition) is 4. The lowest BCUT2D eigenvalue weighted by molar-refractivity contribution is -0.139. The Bertz CT molecular complexity index is 521. The number of carbonyl (C=O) groups is 2. The Morgan fingerprint density at radius 2 is 2.28 bits per heavy atom. The van der Waals surface area contributed by atoms with Crippen LogP contribution < -0.4 is 5.32 Å². The molecule has 9 nitrogen and oxygen atoms in total. The number of aromatic amines is 2. The van der Waals surface area contributed by atoms with Crippen LogP contribution in [0.3, 0.4) is 0 Å². The third-order valence-electron chi connectivity index (χ3n) is 2.23. The van der Waals surface area contributed by atoms with E-state index in [1.54, 1.807) is 0 Å². The quantitative estimate of drug-likeness (QED) is 0.534. The average molecular weight is 250 g/mol. The molecule has 2 rings (SSSR count). The standard InChI is InChI=1S/C9H10N6O3/c16-8(7-3-12-15-14-7)13-6(9(17)18)1-5-2-10-4-11-5/h2-4,6H,1H2,(H,10,11)(H,13,16)(H,17,18)(H,12,14,15)/t6-/m1/s1. The molecule has 2 aromatic rings. The summed E-state index contributed by atoms with van der Waals surface area (Å²) in [7, 11) is 0. The summed E-state index contributed by atoms with van der Waals surface area (Å²) in [5.74, 6) is -1.74. The molecular formula is C9H10N6O3. The van der Waals surface area contributed by atoms with E-state index in [2.05, 4.69) is 30.7 Å². The normalized spacial score (nSPS) is 12.0. The van der Waals surface area contributed by atoms with Gasteiger partial charge in [-0.15, -0.1) is 0 Å². The van der Waals surface area contributed by atoms with Gasteiger partial charge in [0.15, 0.2) is 5.69 Å². The maximum absolute atomic E-state index is 11.6. The van der Waals surface area contributed by atoms with Crippen molar-refractivity contribution >= 4 is 11.9 Å². The molecule has 2 aromatic heterocycles. The molecule has 0 radical (unpaired) electrons. The Labute approximate surface area is 101 Å². The summed E-state index contributed by atoms with van der Waals surface area (Å²) in [5, 5.41) is 20.7. The largest absolute Gasteiger partial charge is 0.480 e. The molecule has 4 N–H and O–H groups in total. The van der Waals surface area contributed by atoms with Crippen molar-refractivity contribution in [3.63, 3.8) is 0 Å². The van der Waals surface area contributed by atoms with Crippen molar-refractivity contribution in [2.24, 2.45) is 0 Å². The average Bonchev–Trinajstić information content (AvgIpc) is 3.00. The highest BCUT2D eigenvalue weighted by Crippen LogP contribution is 2.00. The van der Waals surface area contributed by atoms with Crippen LogP contribution in [0.25, 0.3) is 0 Å². The van der Waals surface area contributed by atoms with Crippen LogP contribution in [0, 0.1) is 0 Å². The molecule has 0 aliphatic carbocycles. The third kappa shape index (κ3) is 2.70. The van der Waals surface area contributed by atoms with Crippen molar-refractivity contribution in [2.75, 3.05) is 0 Å². The summed E-state index contributed by atoms with van der Waals surface area (Å²) in [4.78, 5) is 29.2. The maximum atomic E-state index is 11.6. The molecule has 0 spiro atoms. The molecule has 0 aliphatic heterocycles. The lowest BCUT2D eigenvalue weighted by Gasteiger charge is -2.12. The molecule has 0 aromatic carbocycles. The molecular weight excluding hydrogens is 240 g/mol. The number of nitrogens with one attached hydrogen (secondary N) is 3. The number of imidazole rings is 1. The molecule has 0 saturated carbocycles. The number of amides is 1. The van der Waals surface area contributed by atoms with Crippen LogP contribution in [-0.2, 0) is 11.2 Å². The zero-order valence-corrected chi connectivity index (χ0v) is 9.12. The fourth-order valence-electron chi connectivity index (χ4n) is 1.36. The fourth-order valence-corrected chi connectivity index (χ4v) is 1.36. The summed E-state index contributed by atoms with van der Waals surface area (Å²) in [6.45, 7) is 0. The van der Waals surface area contributed by atoms with Gasteiger partial charge in [-0.2, -0.15) is 15.4 Å². The van der Waals surface area contributed by atoms with Crippen LogP contribution in [0.4, 0.5) is 0 Å². The van der Waals surface area contributed by atoms with Crippen molar-refractivity contribution < 1.29 is 14.7 Å². The summed E-state index contributed by atoms with van der Waals surface area (Å²) >= 11 is 0. The molecule has 18 heavy (non-hydrogen) atoms. The minimum atomic E-state index is -1.14. The first-order valence-corrected chi connectivity index (χ1v) is 5.03. The predicted molar refractivity (Wildman–Crippen MR) is 57.6 cm³/mol. The number of nitrogens with zero attached hydrogens (tertiary/aromatic N) is 3. The topological polar surface area (TPSA) is 137 Å². The van der Waals surface area contributed by atoms with Gasteiger partial charge < -0.3 is 15.4 Å². The maximum Gasteiger partial charge on any atom is 0.326 e. The molecule has 1 amide bonds. The number of aromatic nitrogens is 5. The number of rotatable bonds is 5. The van der Waals surface area contributed by atoms with E-state index in [1.165, 1.54) is 18.7 Å². The zero-order valence-electron chi connectivity index (χ0n) is 9.12. The molecule has 0 bridgehead atoms. The number of hydrogen-bond acceptors (Lipinski definition) is 5. The molecule has 0 unspecified atom stereocenters. The molecule has 1 atom stereocenters. The van der Waals surface area contributed by atoms with E-state index < -0.39 is 17.9 Å². The monoisotopic (exact) mass is 250 g/mol. The smallest absolute Gasteiger partial charge is 0.326 e. The molecule has 2 heterocycles. The van der Waals surface area contributed by atoms with Crippen LogP contribution in [0.2, 0.25) is 0 Å². The van der Waals surface area contributed by atoms with Crippen LogP contribution in [0.15, 0.2) is 18.7 Å². The summed E-state index contributed by atoms with van der Waals surface area (Å²) in [5.41, 5.74) is 0.647. The van der Waals surface area contributed by atoms with Crippen LogP contribution in [0.1, 0.15) is 16.2 Å².